The van der Waals surface area contributed by atoms with E-state index in [-0.39, 0.29) is 0 Å². The van der Waals surface area contributed by atoms with Crippen molar-refractivity contribution in [3.63, 3.8) is 0 Å². The predicted molar refractivity (Wildman–Crippen MR) is 138 cm³/mol. The van der Waals surface area contributed by atoms with Gasteiger partial charge in [-0.2, -0.15) is 5.26 Å². The zero-order valence-electron chi connectivity index (χ0n) is 19.7. The summed E-state index contributed by atoms with van der Waals surface area (Å²) in [6, 6.07) is 16.9. The Bertz CT molecular complexity index is 1390. The van der Waals surface area contributed by atoms with Crippen LogP contribution in [0.25, 0.3) is 28.3 Å². The lowest BCUT2D eigenvalue weighted by Gasteiger charge is -2.14. The second kappa shape index (κ2) is 9.38. The van der Waals surface area contributed by atoms with Crippen molar-refractivity contribution in [3.8, 4) is 28.7 Å². The van der Waals surface area contributed by atoms with E-state index >= 15 is 0 Å². The standard InChI is InChI=1S/C28H29N7/c29-18-19-7-5-8-20(17-19)25-26(23-14-15-30-28(33-23)32-22-11-3-4-12-22)35-16-6-13-24(27(35)34-25)31-21-9-1-2-10-21/h5-8,13-17,21-22,31H,1-4,9-12H2,(H,30,32,33). The number of nitriles is 1. The van der Waals surface area contributed by atoms with Crippen LogP contribution in [0.5, 0.6) is 0 Å². The van der Waals surface area contributed by atoms with Crippen LogP contribution in [0, 0.1) is 11.3 Å². The van der Waals surface area contributed by atoms with Crippen molar-refractivity contribution in [2.24, 2.45) is 0 Å². The number of fused-ring (bicyclic) bond motifs is 1. The summed E-state index contributed by atoms with van der Waals surface area (Å²) in [5.74, 6) is 0.654. The van der Waals surface area contributed by atoms with Crippen LogP contribution in [0.2, 0.25) is 0 Å². The number of pyridine rings is 1. The van der Waals surface area contributed by atoms with Crippen molar-refractivity contribution < 1.29 is 0 Å². The molecule has 3 aromatic heterocycles. The fourth-order valence-electron chi connectivity index (χ4n) is 5.47. The highest BCUT2D eigenvalue weighted by molar-refractivity contribution is 5.84. The SMILES string of the molecule is N#Cc1cccc(-c2nc3c(NC4CCCC4)cccn3c2-c2ccnc(NC3CCCC3)n2)c1. The molecule has 0 radical (unpaired) electrons. The molecule has 4 aromatic rings. The van der Waals surface area contributed by atoms with E-state index in [1.165, 1.54) is 38.5 Å². The van der Waals surface area contributed by atoms with E-state index < -0.39 is 0 Å². The first-order valence-electron chi connectivity index (χ1n) is 12.7. The van der Waals surface area contributed by atoms with Crippen molar-refractivity contribution in [2.45, 2.75) is 63.5 Å². The molecule has 1 aromatic carbocycles. The number of imidazole rings is 1. The van der Waals surface area contributed by atoms with E-state index in [0.29, 0.717) is 23.6 Å². The van der Waals surface area contributed by atoms with Gasteiger partial charge in [0.2, 0.25) is 5.95 Å². The molecule has 0 amide bonds. The Labute approximate surface area is 205 Å². The fraction of sp³-hybridized carbons (Fsp3) is 0.357. The number of nitrogens with one attached hydrogen (secondary N) is 2. The highest BCUT2D eigenvalue weighted by Crippen LogP contribution is 2.35. The van der Waals surface area contributed by atoms with Gasteiger partial charge in [0.15, 0.2) is 5.65 Å². The monoisotopic (exact) mass is 463 g/mol. The maximum Gasteiger partial charge on any atom is 0.223 e. The summed E-state index contributed by atoms with van der Waals surface area (Å²) in [6.45, 7) is 0. The minimum absolute atomic E-state index is 0.432. The quantitative estimate of drug-likeness (QED) is 0.362. The topological polar surface area (TPSA) is 90.9 Å². The molecule has 0 spiro atoms. The molecule has 2 saturated carbocycles. The van der Waals surface area contributed by atoms with E-state index in [1.807, 2.05) is 42.7 Å². The minimum atomic E-state index is 0.432. The molecular weight excluding hydrogens is 434 g/mol. The van der Waals surface area contributed by atoms with Crippen LogP contribution >= 0.6 is 0 Å². The molecule has 35 heavy (non-hydrogen) atoms. The summed E-state index contributed by atoms with van der Waals surface area (Å²) in [6.07, 6.45) is 13.6. The number of aromatic nitrogens is 4. The van der Waals surface area contributed by atoms with Crippen LogP contribution < -0.4 is 10.6 Å². The van der Waals surface area contributed by atoms with Gasteiger partial charge < -0.3 is 10.6 Å². The van der Waals surface area contributed by atoms with Gasteiger partial charge in [0.25, 0.3) is 0 Å². The molecular formula is C28H29N7. The molecule has 2 aliphatic rings. The Morgan fingerprint density at radius 1 is 0.886 bits per heavy atom. The summed E-state index contributed by atoms with van der Waals surface area (Å²) in [5, 5.41) is 16.7. The highest BCUT2D eigenvalue weighted by Gasteiger charge is 2.22. The Balaban J connectivity index is 1.49. The average molecular weight is 464 g/mol. The second-order valence-corrected chi connectivity index (χ2v) is 9.63. The van der Waals surface area contributed by atoms with Crippen molar-refractivity contribution >= 4 is 17.3 Å². The number of hydrogen-bond donors (Lipinski definition) is 2. The van der Waals surface area contributed by atoms with Crippen LogP contribution in [0.3, 0.4) is 0 Å². The first-order valence-corrected chi connectivity index (χ1v) is 12.7. The number of anilines is 2. The van der Waals surface area contributed by atoms with Crippen molar-refractivity contribution in [3.05, 3.63) is 60.4 Å². The van der Waals surface area contributed by atoms with Crippen LogP contribution in [0.15, 0.2) is 54.9 Å². The van der Waals surface area contributed by atoms with Crippen LogP contribution in [0.4, 0.5) is 11.6 Å². The smallest absolute Gasteiger partial charge is 0.223 e. The van der Waals surface area contributed by atoms with Crippen LogP contribution in [-0.2, 0) is 0 Å². The largest absolute Gasteiger partial charge is 0.379 e. The molecule has 2 N–H and O–H groups in total. The number of nitrogens with zero attached hydrogens (tertiary/aromatic N) is 5. The summed E-state index contributed by atoms with van der Waals surface area (Å²) >= 11 is 0. The van der Waals surface area contributed by atoms with Gasteiger partial charge in [0.1, 0.15) is 0 Å². The number of rotatable bonds is 6. The van der Waals surface area contributed by atoms with E-state index in [4.69, 9.17) is 9.97 Å². The highest BCUT2D eigenvalue weighted by atomic mass is 15.1. The molecule has 176 valence electrons. The summed E-state index contributed by atoms with van der Waals surface area (Å²) in [5.41, 5.74) is 5.94. The molecule has 0 bridgehead atoms. The molecule has 0 saturated heterocycles. The van der Waals surface area contributed by atoms with E-state index in [0.717, 1.165) is 46.8 Å². The van der Waals surface area contributed by atoms with Gasteiger partial charge in [0, 0.05) is 30.0 Å². The van der Waals surface area contributed by atoms with Crippen LogP contribution in [-0.4, -0.2) is 31.4 Å². The fourth-order valence-corrected chi connectivity index (χ4v) is 5.47. The lowest BCUT2D eigenvalue weighted by atomic mass is 10.1. The van der Waals surface area contributed by atoms with Gasteiger partial charge in [-0.05, 0) is 56.0 Å². The first kappa shape index (κ1) is 21.6. The van der Waals surface area contributed by atoms with Crippen LogP contribution in [0.1, 0.15) is 56.9 Å². The lowest BCUT2D eigenvalue weighted by Crippen LogP contribution is -2.16. The number of hydrogen-bond acceptors (Lipinski definition) is 6. The van der Waals surface area contributed by atoms with Gasteiger partial charge in [-0.1, -0.05) is 37.8 Å². The third-order valence-electron chi connectivity index (χ3n) is 7.22. The first-order chi connectivity index (χ1) is 17.3. The van der Waals surface area contributed by atoms with E-state index in [1.54, 1.807) is 0 Å². The molecule has 0 unspecified atom stereocenters. The van der Waals surface area contributed by atoms with Crippen molar-refractivity contribution in [1.29, 1.82) is 5.26 Å². The molecule has 2 fully saturated rings. The normalized spacial score (nSPS) is 16.5. The molecule has 2 aliphatic carbocycles. The minimum Gasteiger partial charge on any atom is -0.379 e. The molecule has 7 heteroatoms. The summed E-state index contributed by atoms with van der Waals surface area (Å²) in [4.78, 5) is 14.5. The average Bonchev–Trinajstić information content (AvgIpc) is 3.66. The van der Waals surface area contributed by atoms with Crippen molar-refractivity contribution in [2.75, 3.05) is 10.6 Å². The lowest BCUT2D eigenvalue weighted by molar-refractivity contribution is 0.744. The Hall–Kier alpha value is -3.92. The summed E-state index contributed by atoms with van der Waals surface area (Å²) in [7, 11) is 0. The third kappa shape index (κ3) is 4.32. The zero-order chi connectivity index (χ0) is 23.6. The Morgan fingerprint density at radius 3 is 2.43 bits per heavy atom. The maximum atomic E-state index is 9.50. The zero-order valence-corrected chi connectivity index (χ0v) is 19.7. The van der Waals surface area contributed by atoms with Gasteiger partial charge >= 0.3 is 0 Å². The Morgan fingerprint density at radius 2 is 1.66 bits per heavy atom. The van der Waals surface area contributed by atoms with Gasteiger partial charge in [-0.25, -0.2) is 15.0 Å². The molecule has 6 rings (SSSR count). The van der Waals surface area contributed by atoms with E-state index in [2.05, 4.69) is 38.2 Å². The second-order valence-electron chi connectivity index (χ2n) is 9.63. The molecule has 0 aliphatic heterocycles. The predicted octanol–water partition coefficient (Wildman–Crippen LogP) is 6.04. The van der Waals surface area contributed by atoms with Gasteiger partial charge in [-0.15, -0.1) is 0 Å². The van der Waals surface area contributed by atoms with Crippen molar-refractivity contribution in [1.82, 2.24) is 19.4 Å². The third-order valence-corrected chi connectivity index (χ3v) is 7.22. The Kier molecular flexibility index (Phi) is 5.79. The molecule has 3 heterocycles. The maximum absolute atomic E-state index is 9.50. The summed E-state index contributed by atoms with van der Waals surface area (Å²) < 4.78 is 2.12. The molecule has 0 atom stereocenters. The van der Waals surface area contributed by atoms with Gasteiger partial charge in [0.05, 0.1) is 34.4 Å². The molecule has 7 nitrogen and oxygen atoms in total. The van der Waals surface area contributed by atoms with Gasteiger partial charge in [-0.3, -0.25) is 4.40 Å². The van der Waals surface area contributed by atoms with E-state index in [9.17, 15) is 5.26 Å². The number of benzene rings is 1.